The van der Waals surface area contributed by atoms with Gasteiger partial charge in [-0.15, -0.1) is 24.0 Å². The fraction of sp³-hybridized carbons (Fsp3) is 0.286. The van der Waals surface area contributed by atoms with Gasteiger partial charge in [-0.1, -0.05) is 30.3 Å². The predicted molar refractivity (Wildman–Crippen MR) is 129 cm³/mol. The van der Waals surface area contributed by atoms with Gasteiger partial charge in [0, 0.05) is 25.8 Å². The summed E-state index contributed by atoms with van der Waals surface area (Å²) < 4.78 is 2.22. The molecule has 0 aliphatic carbocycles. The van der Waals surface area contributed by atoms with Crippen LogP contribution in [0.15, 0.2) is 59.6 Å². The van der Waals surface area contributed by atoms with Gasteiger partial charge in [-0.3, -0.25) is 9.79 Å². The number of anilines is 1. The van der Waals surface area contributed by atoms with Crippen LogP contribution in [-0.4, -0.2) is 41.6 Å². The van der Waals surface area contributed by atoms with Crippen LogP contribution >= 0.6 is 24.0 Å². The van der Waals surface area contributed by atoms with E-state index in [1.807, 2.05) is 55.5 Å². The number of guanidine groups is 1. The van der Waals surface area contributed by atoms with Crippen molar-refractivity contribution in [3.05, 3.63) is 60.4 Å². The number of hydrogen-bond acceptors (Lipinski definition) is 3. The van der Waals surface area contributed by atoms with Gasteiger partial charge in [-0.2, -0.15) is 0 Å². The molecule has 1 aromatic heterocycles. The minimum Gasteiger partial charge on any atom is -0.356 e. The Morgan fingerprint density at radius 1 is 1.07 bits per heavy atom. The van der Waals surface area contributed by atoms with Crippen molar-refractivity contribution < 1.29 is 4.79 Å². The van der Waals surface area contributed by atoms with Crippen LogP contribution in [0.5, 0.6) is 0 Å². The van der Waals surface area contributed by atoms with E-state index in [2.05, 4.69) is 36.6 Å². The van der Waals surface area contributed by atoms with Crippen molar-refractivity contribution in [3.8, 4) is 0 Å². The molecule has 0 radical (unpaired) electrons. The summed E-state index contributed by atoms with van der Waals surface area (Å²) in [6, 6.07) is 17.5. The van der Waals surface area contributed by atoms with Crippen molar-refractivity contribution in [2.75, 3.05) is 25.5 Å². The molecule has 3 N–H and O–H groups in total. The smallest absolute Gasteiger partial charge is 0.243 e. The lowest BCUT2D eigenvalue weighted by atomic mass is 10.3. The van der Waals surface area contributed by atoms with E-state index in [9.17, 15) is 4.79 Å². The van der Waals surface area contributed by atoms with Crippen LogP contribution in [0.3, 0.4) is 0 Å². The maximum absolute atomic E-state index is 12.0. The van der Waals surface area contributed by atoms with Crippen molar-refractivity contribution in [2.45, 2.75) is 19.9 Å². The summed E-state index contributed by atoms with van der Waals surface area (Å²) in [7, 11) is 1.69. The molecule has 154 valence electrons. The van der Waals surface area contributed by atoms with Crippen molar-refractivity contribution >= 4 is 52.6 Å². The molecule has 0 bridgehead atoms. The molecule has 0 spiro atoms. The van der Waals surface area contributed by atoms with Crippen molar-refractivity contribution in [2.24, 2.45) is 4.99 Å². The lowest BCUT2D eigenvalue weighted by Gasteiger charge is -2.13. The Kier molecular flexibility index (Phi) is 8.91. The molecule has 0 saturated heterocycles. The Morgan fingerprint density at radius 3 is 2.55 bits per heavy atom. The van der Waals surface area contributed by atoms with Gasteiger partial charge in [0.15, 0.2) is 5.96 Å². The van der Waals surface area contributed by atoms with Gasteiger partial charge in [0.25, 0.3) is 0 Å². The first-order valence-electron chi connectivity index (χ1n) is 9.38. The third-order valence-corrected chi connectivity index (χ3v) is 4.39. The van der Waals surface area contributed by atoms with Crippen molar-refractivity contribution in [3.63, 3.8) is 0 Å². The topological polar surface area (TPSA) is 83.3 Å². The van der Waals surface area contributed by atoms with Crippen LogP contribution in [0, 0.1) is 6.92 Å². The Labute approximate surface area is 188 Å². The largest absolute Gasteiger partial charge is 0.356 e. The number of aliphatic imine (C=N–C) groups is 1. The number of aryl methyl sites for hydroxylation is 2. The summed E-state index contributed by atoms with van der Waals surface area (Å²) in [5.41, 5.74) is 2.95. The van der Waals surface area contributed by atoms with Gasteiger partial charge >= 0.3 is 0 Å². The number of hydrogen-bond donors (Lipinski definition) is 3. The fourth-order valence-corrected chi connectivity index (χ4v) is 3.03. The van der Waals surface area contributed by atoms with Crippen LogP contribution in [0.4, 0.5) is 5.69 Å². The van der Waals surface area contributed by atoms with Gasteiger partial charge in [0.2, 0.25) is 5.91 Å². The zero-order valence-corrected chi connectivity index (χ0v) is 19.0. The van der Waals surface area contributed by atoms with E-state index in [1.54, 1.807) is 7.05 Å². The molecule has 2 aromatic carbocycles. The average molecular weight is 506 g/mol. The fourth-order valence-electron chi connectivity index (χ4n) is 3.03. The highest BCUT2D eigenvalue weighted by Gasteiger charge is 2.07. The minimum atomic E-state index is -0.116. The Hall–Kier alpha value is -2.62. The van der Waals surface area contributed by atoms with Gasteiger partial charge in [0.1, 0.15) is 5.82 Å². The molecule has 0 saturated carbocycles. The molecule has 1 heterocycles. The number of fused-ring (bicyclic) bond motifs is 1. The summed E-state index contributed by atoms with van der Waals surface area (Å²) in [5.74, 6) is 1.51. The quantitative estimate of drug-likeness (QED) is 0.199. The normalized spacial score (nSPS) is 11.0. The monoisotopic (exact) mass is 506 g/mol. The van der Waals surface area contributed by atoms with Gasteiger partial charge < -0.3 is 20.5 Å². The van der Waals surface area contributed by atoms with Crippen LogP contribution in [0.2, 0.25) is 0 Å². The molecule has 8 heteroatoms. The number of imidazole rings is 1. The second-order valence-corrected chi connectivity index (χ2v) is 6.42. The van der Waals surface area contributed by atoms with Crippen LogP contribution in [0.25, 0.3) is 11.0 Å². The van der Waals surface area contributed by atoms with Crippen molar-refractivity contribution in [1.82, 2.24) is 20.2 Å². The number of rotatable bonds is 7. The molecule has 0 aliphatic heterocycles. The van der Waals surface area contributed by atoms with E-state index in [0.29, 0.717) is 5.96 Å². The lowest BCUT2D eigenvalue weighted by molar-refractivity contribution is -0.115. The average Bonchev–Trinajstić information content (AvgIpc) is 3.03. The zero-order valence-electron chi connectivity index (χ0n) is 16.7. The third-order valence-electron chi connectivity index (χ3n) is 4.39. The molecule has 7 nitrogen and oxygen atoms in total. The number of halogens is 1. The number of nitrogens with zero attached hydrogens (tertiary/aromatic N) is 3. The lowest BCUT2D eigenvalue weighted by Crippen LogP contribution is -2.41. The SMILES string of the molecule is CN=C(NCCCn1c(C)nc2ccccc21)NCC(=O)Nc1ccccc1.I. The second-order valence-electron chi connectivity index (χ2n) is 6.42. The van der Waals surface area contributed by atoms with E-state index in [4.69, 9.17) is 0 Å². The van der Waals surface area contributed by atoms with E-state index < -0.39 is 0 Å². The second kappa shape index (κ2) is 11.4. The predicted octanol–water partition coefficient (Wildman–Crippen LogP) is 3.16. The zero-order chi connectivity index (χ0) is 19.8. The van der Waals surface area contributed by atoms with E-state index in [1.165, 1.54) is 0 Å². The molecule has 0 aliphatic rings. The van der Waals surface area contributed by atoms with Crippen molar-refractivity contribution in [1.29, 1.82) is 0 Å². The Morgan fingerprint density at radius 2 is 1.79 bits per heavy atom. The molecule has 0 atom stereocenters. The minimum absolute atomic E-state index is 0. The molecular formula is C21H27IN6O. The first-order valence-corrected chi connectivity index (χ1v) is 9.38. The summed E-state index contributed by atoms with van der Waals surface area (Å²) in [4.78, 5) is 20.8. The van der Waals surface area contributed by atoms with Gasteiger partial charge in [0.05, 0.1) is 17.6 Å². The van der Waals surface area contributed by atoms with E-state index in [0.717, 1.165) is 42.1 Å². The van der Waals surface area contributed by atoms with Crippen LogP contribution in [-0.2, 0) is 11.3 Å². The third kappa shape index (κ3) is 6.45. The first-order chi connectivity index (χ1) is 13.7. The molecule has 29 heavy (non-hydrogen) atoms. The number of nitrogens with one attached hydrogen (secondary N) is 3. The number of aromatic nitrogens is 2. The maximum Gasteiger partial charge on any atom is 0.243 e. The summed E-state index contributed by atoms with van der Waals surface area (Å²) in [6.07, 6.45) is 0.915. The standard InChI is InChI=1S/C21H26N6O.HI/c1-16-25-18-11-6-7-12-19(18)27(16)14-8-13-23-21(22-2)24-15-20(28)26-17-9-4-3-5-10-17;/h3-7,9-12H,8,13-15H2,1-2H3,(H,26,28)(H2,22,23,24);1H. The number of carbonyl (C=O) groups is 1. The molecule has 3 aromatic rings. The molecule has 1 amide bonds. The molecule has 3 rings (SSSR count). The van der Waals surface area contributed by atoms with Crippen LogP contribution in [0.1, 0.15) is 12.2 Å². The number of carbonyl (C=O) groups excluding carboxylic acids is 1. The molecular weight excluding hydrogens is 479 g/mol. The van der Waals surface area contributed by atoms with Crippen LogP contribution < -0.4 is 16.0 Å². The summed E-state index contributed by atoms with van der Waals surface area (Å²) in [6.45, 7) is 3.79. The number of amides is 1. The van der Waals surface area contributed by atoms with E-state index in [-0.39, 0.29) is 36.4 Å². The summed E-state index contributed by atoms with van der Waals surface area (Å²) >= 11 is 0. The summed E-state index contributed by atoms with van der Waals surface area (Å²) in [5, 5.41) is 9.11. The Balaban J connectivity index is 0.00000300. The maximum atomic E-state index is 12.0. The highest BCUT2D eigenvalue weighted by atomic mass is 127. The highest BCUT2D eigenvalue weighted by molar-refractivity contribution is 14.0. The van der Waals surface area contributed by atoms with Gasteiger partial charge in [-0.25, -0.2) is 4.98 Å². The highest BCUT2D eigenvalue weighted by Crippen LogP contribution is 2.15. The molecule has 0 unspecified atom stereocenters. The number of benzene rings is 2. The first kappa shape index (κ1) is 22.7. The Bertz CT molecular complexity index is 954. The van der Waals surface area contributed by atoms with E-state index >= 15 is 0 Å². The molecule has 0 fully saturated rings. The number of para-hydroxylation sites is 3. The van der Waals surface area contributed by atoms with Gasteiger partial charge in [-0.05, 0) is 37.6 Å².